The van der Waals surface area contributed by atoms with E-state index >= 15 is 0 Å². The van der Waals surface area contributed by atoms with Crippen LogP contribution in [-0.2, 0) is 9.23 Å². The van der Waals surface area contributed by atoms with Crippen molar-refractivity contribution in [3.63, 3.8) is 0 Å². The van der Waals surface area contributed by atoms with Gasteiger partial charge in [-0.15, -0.1) is 0 Å². The molecule has 1 saturated heterocycles. The van der Waals surface area contributed by atoms with Crippen LogP contribution >= 0.6 is 12.0 Å². The zero-order valence-corrected chi connectivity index (χ0v) is 12.0. The molecule has 0 unspecified atom stereocenters. The summed E-state index contributed by atoms with van der Waals surface area (Å²) in [5.41, 5.74) is 1.66. The summed E-state index contributed by atoms with van der Waals surface area (Å²) in [4.78, 5) is 1.34. The standard InChI is InChI=1S/C15H23OS/c1-15(2,3)13-7-9-14(10-8-13)17-16-11-5-4-6-12-16/h7-10H,4-6,11-12H2,1-3H3/q+1. The molecule has 94 valence electrons. The first-order valence-electron chi connectivity index (χ1n) is 6.52. The number of benzene rings is 1. The monoisotopic (exact) mass is 251 g/mol. The second kappa shape index (κ2) is 5.45. The SMILES string of the molecule is CC(C)(C)c1ccc(S[O+]2CCCCC2)cc1. The van der Waals surface area contributed by atoms with E-state index in [0.717, 1.165) is 13.2 Å². The lowest BCUT2D eigenvalue weighted by molar-refractivity contribution is 0.0140. The van der Waals surface area contributed by atoms with E-state index in [1.807, 2.05) is 12.0 Å². The van der Waals surface area contributed by atoms with Crippen molar-refractivity contribution in [3.05, 3.63) is 29.8 Å². The molecular weight excluding hydrogens is 228 g/mol. The minimum absolute atomic E-state index is 0.251. The van der Waals surface area contributed by atoms with Crippen LogP contribution in [0.4, 0.5) is 0 Å². The maximum Gasteiger partial charge on any atom is 0.225 e. The van der Waals surface area contributed by atoms with Gasteiger partial charge in [0.15, 0.2) is 13.2 Å². The van der Waals surface area contributed by atoms with Gasteiger partial charge in [0.05, 0.1) is 4.90 Å². The lowest BCUT2D eigenvalue weighted by Gasteiger charge is -2.21. The van der Waals surface area contributed by atoms with Crippen molar-refractivity contribution in [2.24, 2.45) is 0 Å². The zero-order valence-electron chi connectivity index (χ0n) is 11.2. The van der Waals surface area contributed by atoms with Crippen LogP contribution in [0.5, 0.6) is 0 Å². The minimum Gasteiger partial charge on any atom is -0.344 e. The molecule has 0 amide bonds. The maximum atomic E-state index is 3.31. The Bertz CT molecular complexity index is 344. The van der Waals surface area contributed by atoms with Gasteiger partial charge in [0.1, 0.15) is 0 Å². The van der Waals surface area contributed by atoms with Crippen LogP contribution in [0.25, 0.3) is 0 Å². The Morgan fingerprint density at radius 1 is 0.941 bits per heavy atom. The Morgan fingerprint density at radius 3 is 2.06 bits per heavy atom. The predicted octanol–water partition coefficient (Wildman–Crippen LogP) is 4.73. The highest BCUT2D eigenvalue weighted by Crippen LogP contribution is 2.32. The highest BCUT2D eigenvalue weighted by atomic mass is 32.2. The minimum atomic E-state index is 0.251. The molecule has 1 aliphatic rings. The van der Waals surface area contributed by atoms with Gasteiger partial charge in [0.25, 0.3) is 0 Å². The van der Waals surface area contributed by atoms with E-state index in [4.69, 9.17) is 0 Å². The topological polar surface area (TPSA) is 2.70 Å². The normalized spacial score (nSPS) is 18.3. The number of hydrogen-bond acceptors (Lipinski definition) is 1. The van der Waals surface area contributed by atoms with E-state index in [2.05, 4.69) is 48.9 Å². The smallest absolute Gasteiger partial charge is 0.225 e. The van der Waals surface area contributed by atoms with Gasteiger partial charge < -0.3 is 3.81 Å². The number of hydrogen-bond donors (Lipinski definition) is 0. The van der Waals surface area contributed by atoms with E-state index < -0.39 is 0 Å². The molecule has 1 aliphatic heterocycles. The van der Waals surface area contributed by atoms with Gasteiger partial charge in [-0.1, -0.05) is 32.9 Å². The first-order valence-corrected chi connectivity index (χ1v) is 7.26. The van der Waals surface area contributed by atoms with Crippen molar-refractivity contribution in [2.75, 3.05) is 13.2 Å². The molecule has 0 saturated carbocycles. The molecule has 17 heavy (non-hydrogen) atoms. The Balaban J connectivity index is 1.98. The number of rotatable bonds is 2. The molecule has 1 heterocycles. The fraction of sp³-hybridized carbons (Fsp3) is 0.600. The largest absolute Gasteiger partial charge is 0.344 e. The van der Waals surface area contributed by atoms with E-state index in [1.54, 1.807) is 0 Å². The Labute approximate surface area is 109 Å². The van der Waals surface area contributed by atoms with Gasteiger partial charge in [-0.05, 0) is 29.5 Å². The summed E-state index contributed by atoms with van der Waals surface area (Å²) in [7, 11) is 0. The van der Waals surface area contributed by atoms with Gasteiger partial charge in [-0.25, -0.2) is 0 Å². The summed E-state index contributed by atoms with van der Waals surface area (Å²) < 4.78 is 3.31. The molecule has 2 rings (SSSR count). The third-order valence-corrected chi connectivity index (χ3v) is 4.21. The predicted molar refractivity (Wildman–Crippen MR) is 75.7 cm³/mol. The first-order chi connectivity index (χ1) is 8.05. The Hall–Kier alpha value is -0.470. The van der Waals surface area contributed by atoms with Gasteiger partial charge in [0.2, 0.25) is 12.0 Å². The summed E-state index contributed by atoms with van der Waals surface area (Å²) in [5.74, 6) is 0. The molecule has 0 aromatic heterocycles. The summed E-state index contributed by atoms with van der Waals surface area (Å²) in [5, 5.41) is 0. The highest BCUT2D eigenvalue weighted by molar-refractivity contribution is 7.95. The molecule has 0 aliphatic carbocycles. The summed E-state index contributed by atoms with van der Waals surface area (Å²) in [6.07, 6.45) is 4.02. The average molecular weight is 251 g/mol. The molecule has 0 bridgehead atoms. The van der Waals surface area contributed by atoms with Crippen LogP contribution in [0.15, 0.2) is 29.2 Å². The second-order valence-corrected chi connectivity index (χ2v) is 6.88. The summed E-state index contributed by atoms with van der Waals surface area (Å²) in [6.45, 7) is 9.09. The quantitative estimate of drug-likeness (QED) is 0.542. The van der Waals surface area contributed by atoms with Gasteiger partial charge in [-0.2, -0.15) is 0 Å². The average Bonchev–Trinajstić information content (AvgIpc) is 2.30. The van der Waals surface area contributed by atoms with Crippen molar-refractivity contribution in [2.45, 2.75) is 50.3 Å². The van der Waals surface area contributed by atoms with Crippen molar-refractivity contribution in [3.8, 4) is 0 Å². The fourth-order valence-electron chi connectivity index (χ4n) is 2.03. The summed E-state index contributed by atoms with van der Waals surface area (Å²) >= 11 is 1.83. The van der Waals surface area contributed by atoms with Crippen LogP contribution in [-0.4, -0.2) is 13.2 Å². The molecule has 1 aromatic carbocycles. The maximum absolute atomic E-state index is 3.31. The van der Waals surface area contributed by atoms with Crippen molar-refractivity contribution >= 4 is 12.0 Å². The van der Waals surface area contributed by atoms with Gasteiger partial charge in [-0.3, -0.25) is 0 Å². The molecule has 1 nitrogen and oxygen atoms in total. The first kappa shape index (κ1) is 13.0. The lowest BCUT2D eigenvalue weighted by Crippen LogP contribution is -2.15. The van der Waals surface area contributed by atoms with Gasteiger partial charge >= 0.3 is 0 Å². The molecule has 0 spiro atoms. The molecule has 2 heteroatoms. The molecule has 0 atom stereocenters. The highest BCUT2D eigenvalue weighted by Gasteiger charge is 2.19. The lowest BCUT2D eigenvalue weighted by atomic mass is 9.87. The van der Waals surface area contributed by atoms with E-state index in [-0.39, 0.29) is 5.41 Å². The van der Waals surface area contributed by atoms with E-state index in [0.29, 0.717) is 0 Å². The molecule has 0 N–H and O–H groups in total. The van der Waals surface area contributed by atoms with E-state index in [9.17, 15) is 0 Å². The van der Waals surface area contributed by atoms with Crippen molar-refractivity contribution in [1.29, 1.82) is 0 Å². The Morgan fingerprint density at radius 2 is 1.53 bits per heavy atom. The van der Waals surface area contributed by atoms with E-state index in [1.165, 1.54) is 29.7 Å². The molecular formula is C15H23OS+. The van der Waals surface area contributed by atoms with Crippen molar-refractivity contribution < 1.29 is 3.81 Å². The zero-order chi connectivity index (χ0) is 12.3. The van der Waals surface area contributed by atoms with Crippen molar-refractivity contribution in [1.82, 2.24) is 0 Å². The molecule has 1 fully saturated rings. The van der Waals surface area contributed by atoms with Crippen LogP contribution in [0, 0.1) is 0 Å². The summed E-state index contributed by atoms with van der Waals surface area (Å²) in [6, 6.07) is 9.00. The van der Waals surface area contributed by atoms with Crippen LogP contribution in [0.1, 0.15) is 45.6 Å². The third kappa shape index (κ3) is 3.75. The molecule has 0 radical (unpaired) electrons. The third-order valence-electron chi connectivity index (χ3n) is 3.18. The fourth-order valence-corrected chi connectivity index (χ4v) is 2.96. The second-order valence-electron chi connectivity index (χ2n) is 5.77. The van der Waals surface area contributed by atoms with Crippen LogP contribution < -0.4 is 0 Å². The van der Waals surface area contributed by atoms with Gasteiger partial charge in [0, 0.05) is 12.8 Å². The molecule has 1 aromatic rings. The van der Waals surface area contributed by atoms with Crippen LogP contribution in [0.3, 0.4) is 0 Å². The Kier molecular flexibility index (Phi) is 4.16. The van der Waals surface area contributed by atoms with Crippen LogP contribution in [0.2, 0.25) is 0 Å².